The highest BCUT2D eigenvalue weighted by Gasteiger charge is 2.18. The van der Waals surface area contributed by atoms with E-state index >= 15 is 0 Å². The molecule has 1 aromatic carbocycles. The third kappa shape index (κ3) is 6.13. The summed E-state index contributed by atoms with van der Waals surface area (Å²) in [6.45, 7) is 6.44. The molecule has 2 atom stereocenters. The van der Waals surface area contributed by atoms with Crippen LogP contribution in [-0.4, -0.2) is 57.9 Å². The highest BCUT2D eigenvalue weighted by Crippen LogP contribution is 2.16. The number of rotatable bonds is 8. The Balaban J connectivity index is 1.61. The Morgan fingerprint density at radius 2 is 2.21 bits per heavy atom. The molecule has 0 aromatic heterocycles. The van der Waals surface area contributed by atoms with E-state index in [2.05, 4.69) is 41.3 Å². The summed E-state index contributed by atoms with van der Waals surface area (Å²) in [7, 11) is 3.92. The van der Waals surface area contributed by atoms with Gasteiger partial charge in [0.15, 0.2) is 5.96 Å². The van der Waals surface area contributed by atoms with E-state index in [0.717, 1.165) is 51.7 Å². The van der Waals surface area contributed by atoms with E-state index in [0.29, 0.717) is 5.92 Å². The first-order valence-corrected chi connectivity index (χ1v) is 8.86. The molecule has 0 saturated carbocycles. The second kappa shape index (κ2) is 10.3. The molecule has 5 nitrogen and oxygen atoms in total. The quantitative estimate of drug-likeness (QED) is 0.451. The van der Waals surface area contributed by atoms with Crippen LogP contribution in [0.25, 0.3) is 0 Å². The van der Waals surface area contributed by atoms with E-state index < -0.39 is 0 Å². The third-order valence-electron chi connectivity index (χ3n) is 4.37. The molecule has 1 N–H and O–H groups in total. The fourth-order valence-corrected chi connectivity index (χ4v) is 2.94. The van der Waals surface area contributed by atoms with Crippen molar-refractivity contribution in [2.75, 3.05) is 47.0 Å². The van der Waals surface area contributed by atoms with Crippen molar-refractivity contribution in [3.8, 4) is 0 Å². The van der Waals surface area contributed by atoms with E-state index in [-0.39, 0.29) is 6.10 Å². The molecule has 1 aliphatic heterocycles. The zero-order valence-electron chi connectivity index (χ0n) is 15.2. The number of aliphatic imine (C=N–C) groups is 1. The monoisotopic (exact) mass is 333 g/mol. The summed E-state index contributed by atoms with van der Waals surface area (Å²) < 4.78 is 11.3. The Kier molecular flexibility index (Phi) is 8.05. The van der Waals surface area contributed by atoms with E-state index in [1.54, 1.807) is 0 Å². The van der Waals surface area contributed by atoms with Gasteiger partial charge in [0, 0.05) is 46.3 Å². The fourth-order valence-electron chi connectivity index (χ4n) is 2.94. The number of benzene rings is 1. The molecule has 0 bridgehead atoms. The lowest BCUT2D eigenvalue weighted by Crippen LogP contribution is -2.42. The molecule has 0 aliphatic carbocycles. The molecule has 1 saturated heterocycles. The maximum absolute atomic E-state index is 5.90. The van der Waals surface area contributed by atoms with Crippen LogP contribution in [0.5, 0.6) is 0 Å². The summed E-state index contributed by atoms with van der Waals surface area (Å²) in [5.41, 5.74) is 1.22. The van der Waals surface area contributed by atoms with Gasteiger partial charge in [-0.1, -0.05) is 30.3 Å². The summed E-state index contributed by atoms with van der Waals surface area (Å²) in [6, 6.07) is 10.3. The number of nitrogens with zero attached hydrogens (tertiary/aromatic N) is 2. The molecule has 1 fully saturated rings. The standard InChI is InChI=1S/C19H31N3O2/c1-16(18-8-5-4-6-9-18)24-12-7-11-21-19(20-2)22(3)14-17-10-13-23-15-17/h4-6,8-9,16-17H,7,10-15H2,1-3H3,(H,20,21). The lowest BCUT2D eigenvalue weighted by molar-refractivity contribution is 0.0645. The maximum Gasteiger partial charge on any atom is 0.193 e. The van der Waals surface area contributed by atoms with E-state index in [4.69, 9.17) is 9.47 Å². The topological polar surface area (TPSA) is 46.1 Å². The van der Waals surface area contributed by atoms with Gasteiger partial charge in [0.05, 0.1) is 12.7 Å². The van der Waals surface area contributed by atoms with Crippen molar-refractivity contribution < 1.29 is 9.47 Å². The Labute approximate surface area is 146 Å². The van der Waals surface area contributed by atoms with Crippen molar-refractivity contribution in [1.82, 2.24) is 10.2 Å². The normalized spacial score (nSPS) is 19.3. The summed E-state index contributed by atoms with van der Waals surface area (Å²) in [5.74, 6) is 1.56. The minimum absolute atomic E-state index is 0.135. The lowest BCUT2D eigenvalue weighted by atomic mass is 10.1. The first-order valence-electron chi connectivity index (χ1n) is 8.86. The SMILES string of the molecule is CN=C(NCCCOC(C)c1ccccc1)N(C)CC1CCOC1. The number of hydrogen-bond acceptors (Lipinski definition) is 3. The van der Waals surface area contributed by atoms with Crippen LogP contribution < -0.4 is 5.32 Å². The zero-order chi connectivity index (χ0) is 17.2. The summed E-state index contributed by atoms with van der Waals surface area (Å²) in [4.78, 5) is 6.55. The van der Waals surface area contributed by atoms with E-state index in [1.165, 1.54) is 5.56 Å². The highest BCUT2D eigenvalue weighted by atomic mass is 16.5. The summed E-state index contributed by atoms with van der Waals surface area (Å²) in [5, 5.41) is 3.41. The minimum Gasteiger partial charge on any atom is -0.381 e. The molecule has 5 heteroatoms. The Morgan fingerprint density at radius 1 is 1.42 bits per heavy atom. The zero-order valence-corrected chi connectivity index (χ0v) is 15.2. The Bertz CT molecular complexity index is 487. The minimum atomic E-state index is 0.135. The average Bonchev–Trinajstić information content (AvgIpc) is 3.11. The van der Waals surface area contributed by atoms with Gasteiger partial charge in [-0.2, -0.15) is 0 Å². The molecule has 2 unspecified atom stereocenters. The fraction of sp³-hybridized carbons (Fsp3) is 0.632. The van der Waals surface area contributed by atoms with Gasteiger partial charge >= 0.3 is 0 Å². The second-order valence-corrected chi connectivity index (χ2v) is 6.36. The molecule has 0 radical (unpaired) electrons. The smallest absolute Gasteiger partial charge is 0.193 e. The molecular weight excluding hydrogens is 302 g/mol. The second-order valence-electron chi connectivity index (χ2n) is 6.36. The Hall–Kier alpha value is -1.59. The van der Waals surface area contributed by atoms with Gasteiger partial charge in [-0.05, 0) is 25.3 Å². The van der Waals surface area contributed by atoms with Crippen LogP contribution >= 0.6 is 0 Å². The van der Waals surface area contributed by atoms with Gasteiger partial charge in [-0.25, -0.2) is 0 Å². The molecule has 1 aliphatic rings. The molecule has 1 heterocycles. The van der Waals surface area contributed by atoms with Crippen LogP contribution in [0.3, 0.4) is 0 Å². The molecule has 24 heavy (non-hydrogen) atoms. The third-order valence-corrected chi connectivity index (χ3v) is 4.37. The van der Waals surface area contributed by atoms with Crippen LogP contribution in [-0.2, 0) is 9.47 Å². The molecule has 0 spiro atoms. The van der Waals surface area contributed by atoms with Gasteiger partial charge in [0.1, 0.15) is 0 Å². The van der Waals surface area contributed by atoms with Crippen molar-refractivity contribution in [2.24, 2.45) is 10.9 Å². The highest BCUT2D eigenvalue weighted by molar-refractivity contribution is 5.79. The van der Waals surface area contributed by atoms with E-state index in [1.807, 2.05) is 25.2 Å². The van der Waals surface area contributed by atoms with Gasteiger partial charge < -0.3 is 19.7 Å². The molecule has 2 rings (SSSR count). The van der Waals surface area contributed by atoms with Crippen molar-refractivity contribution in [3.63, 3.8) is 0 Å². The summed E-state index contributed by atoms with van der Waals surface area (Å²) >= 11 is 0. The number of nitrogens with one attached hydrogen (secondary N) is 1. The summed E-state index contributed by atoms with van der Waals surface area (Å²) in [6.07, 6.45) is 2.24. The van der Waals surface area contributed by atoms with Crippen molar-refractivity contribution in [2.45, 2.75) is 25.9 Å². The van der Waals surface area contributed by atoms with Crippen molar-refractivity contribution in [1.29, 1.82) is 0 Å². The molecular formula is C19H31N3O2. The van der Waals surface area contributed by atoms with Crippen LogP contribution in [0, 0.1) is 5.92 Å². The average molecular weight is 333 g/mol. The number of hydrogen-bond donors (Lipinski definition) is 1. The van der Waals surface area contributed by atoms with Gasteiger partial charge in [-0.15, -0.1) is 0 Å². The first-order chi connectivity index (χ1) is 11.7. The molecule has 134 valence electrons. The largest absolute Gasteiger partial charge is 0.381 e. The molecule has 1 aromatic rings. The molecule has 0 amide bonds. The first kappa shape index (κ1) is 18.7. The van der Waals surface area contributed by atoms with Gasteiger partial charge in [0.2, 0.25) is 0 Å². The number of guanidine groups is 1. The predicted octanol–water partition coefficient (Wildman–Crippen LogP) is 2.70. The van der Waals surface area contributed by atoms with Crippen LogP contribution in [0.15, 0.2) is 35.3 Å². The van der Waals surface area contributed by atoms with Crippen LogP contribution in [0.4, 0.5) is 0 Å². The van der Waals surface area contributed by atoms with Gasteiger partial charge in [-0.3, -0.25) is 4.99 Å². The van der Waals surface area contributed by atoms with Gasteiger partial charge in [0.25, 0.3) is 0 Å². The van der Waals surface area contributed by atoms with Crippen LogP contribution in [0.1, 0.15) is 31.4 Å². The van der Waals surface area contributed by atoms with Crippen molar-refractivity contribution in [3.05, 3.63) is 35.9 Å². The number of ether oxygens (including phenoxy) is 2. The Morgan fingerprint density at radius 3 is 2.88 bits per heavy atom. The van der Waals surface area contributed by atoms with E-state index in [9.17, 15) is 0 Å². The maximum atomic E-state index is 5.90. The van der Waals surface area contributed by atoms with Crippen LogP contribution in [0.2, 0.25) is 0 Å². The predicted molar refractivity (Wildman–Crippen MR) is 98.3 cm³/mol. The lowest BCUT2D eigenvalue weighted by Gasteiger charge is -2.24. The van der Waals surface area contributed by atoms with Crippen molar-refractivity contribution >= 4 is 5.96 Å².